The minimum Gasteiger partial charge on any atom is -0.369 e. The van der Waals surface area contributed by atoms with Crippen LogP contribution in [0.4, 0.5) is 0 Å². The summed E-state index contributed by atoms with van der Waals surface area (Å²) in [7, 11) is 1.91. The zero-order valence-electron chi connectivity index (χ0n) is 16.2. The largest absolute Gasteiger partial charge is 0.369 e. The van der Waals surface area contributed by atoms with Crippen LogP contribution in [0.15, 0.2) is 36.8 Å². The Labute approximate surface area is 159 Å². The summed E-state index contributed by atoms with van der Waals surface area (Å²) in [6.45, 7) is 8.46. The maximum Gasteiger partial charge on any atom is 0.112 e. The highest BCUT2D eigenvalue weighted by Gasteiger charge is 2.24. The van der Waals surface area contributed by atoms with Gasteiger partial charge in [-0.2, -0.15) is 10.2 Å². The second kappa shape index (κ2) is 7.62. The third-order valence-corrected chi connectivity index (χ3v) is 5.02. The molecule has 0 aromatic carbocycles. The van der Waals surface area contributed by atoms with Gasteiger partial charge in [0.15, 0.2) is 0 Å². The fraction of sp³-hybridized carbons (Fsp3) is 0.450. The van der Waals surface area contributed by atoms with E-state index in [0.717, 1.165) is 48.8 Å². The molecule has 0 radical (unpaired) electrons. The summed E-state index contributed by atoms with van der Waals surface area (Å²) in [5.41, 5.74) is 5.32. The Morgan fingerprint density at radius 2 is 2.15 bits per heavy atom. The first-order chi connectivity index (χ1) is 13.1. The van der Waals surface area contributed by atoms with Crippen molar-refractivity contribution in [2.75, 3.05) is 19.7 Å². The van der Waals surface area contributed by atoms with Crippen LogP contribution in [-0.4, -0.2) is 49.1 Å². The van der Waals surface area contributed by atoms with E-state index in [1.807, 2.05) is 42.3 Å². The van der Waals surface area contributed by atoms with Crippen LogP contribution in [0.1, 0.15) is 30.0 Å². The van der Waals surface area contributed by atoms with Crippen molar-refractivity contribution in [1.82, 2.24) is 29.4 Å². The number of ether oxygens (including phenoxy) is 1. The molecule has 0 saturated carbocycles. The Balaban J connectivity index is 1.49. The first-order valence-electron chi connectivity index (χ1n) is 9.45. The number of aryl methyl sites for hydroxylation is 3. The molecule has 3 aromatic heterocycles. The minimum absolute atomic E-state index is 0.0168. The second-order valence-corrected chi connectivity index (χ2v) is 7.04. The van der Waals surface area contributed by atoms with Crippen LogP contribution >= 0.6 is 0 Å². The van der Waals surface area contributed by atoms with Gasteiger partial charge < -0.3 is 4.74 Å². The van der Waals surface area contributed by atoms with E-state index in [1.165, 1.54) is 5.56 Å². The zero-order chi connectivity index (χ0) is 18.8. The fourth-order valence-electron chi connectivity index (χ4n) is 3.49. The molecule has 0 aliphatic carbocycles. The maximum absolute atomic E-state index is 6.04. The molecule has 1 atom stereocenters. The van der Waals surface area contributed by atoms with E-state index in [2.05, 4.69) is 35.1 Å². The van der Waals surface area contributed by atoms with Crippen molar-refractivity contribution in [3.63, 3.8) is 0 Å². The van der Waals surface area contributed by atoms with Gasteiger partial charge in [0.25, 0.3) is 0 Å². The van der Waals surface area contributed by atoms with E-state index >= 15 is 0 Å². The summed E-state index contributed by atoms with van der Waals surface area (Å²) in [4.78, 5) is 7.26. The summed E-state index contributed by atoms with van der Waals surface area (Å²) < 4.78 is 9.83. The van der Waals surface area contributed by atoms with Crippen LogP contribution in [0.25, 0.3) is 11.3 Å². The van der Waals surface area contributed by atoms with Crippen LogP contribution in [0, 0.1) is 6.92 Å². The molecule has 1 fully saturated rings. The third kappa shape index (κ3) is 3.94. The number of morpholine rings is 1. The van der Waals surface area contributed by atoms with Gasteiger partial charge in [0, 0.05) is 56.7 Å². The van der Waals surface area contributed by atoms with Gasteiger partial charge in [-0.15, -0.1) is 0 Å². The van der Waals surface area contributed by atoms with E-state index in [9.17, 15) is 0 Å². The fourth-order valence-corrected chi connectivity index (χ4v) is 3.49. The van der Waals surface area contributed by atoms with Crippen molar-refractivity contribution in [2.24, 2.45) is 7.05 Å². The quantitative estimate of drug-likeness (QED) is 0.695. The predicted octanol–water partition coefficient (Wildman–Crippen LogP) is 2.58. The summed E-state index contributed by atoms with van der Waals surface area (Å²) in [5.74, 6) is 0. The molecule has 1 aliphatic rings. The van der Waals surface area contributed by atoms with Crippen LogP contribution < -0.4 is 0 Å². The molecule has 0 spiro atoms. The molecule has 1 unspecified atom stereocenters. The van der Waals surface area contributed by atoms with Crippen molar-refractivity contribution < 1.29 is 4.74 Å². The highest BCUT2D eigenvalue weighted by molar-refractivity contribution is 5.56. The highest BCUT2D eigenvalue weighted by atomic mass is 16.5. The van der Waals surface area contributed by atoms with Gasteiger partial charge in [0.1, 0.15) is 6.10 Å². The normalized spacial score (nSPS) is 18.1. The lowest BCUT2D eigenvalue weighted by Crippen LogP contribution is -2.38. The molecule has 0 bridgehead atoms. The van der Waals surface area contributed by atoms with Gasteiger partial charge in [-0.05, 0) is 26.0 Å². The minimum atomic E-state index is -0.0168. The highest BCUT2D eigenvalue weighted by Crippen LogP contribution is 2.25. The van der Waals surface area contributed by atoms with Crippen LogP contribution in [0.3, 0.4) is 0 Å². The molecule has 1 aliphatic heterocycles. The predicted molar refractivity (Wildman–Crippen MR) is 103 cm³/mol. The summed E-state index contributed by atoms with van der Waals surface area (Å²) in [5, 5.41) is 8.80. The molecule has 3 aromatic rings. The average Bonchev–Trinajstić information content (AvgIpc) is 3.28. The molecule has 142 valence electrons. The summed E-state index contributed by atoms with van der Waals surface area (Å²) in [6, 6.07) is 6.11. The van der Waals surface area contributed by atoms with Gasteiger partial charge in [-0.1, -0.05) is 6.07 Å². The molecular formula is C20H26N6O. The number of aromatic nitrogens is 5. The standard InChI is InChI=1S/C20H26N6O/c1-4-26-13-17(15(2)23-26)12-25-8-9-27-20(14-25)19-7-5-6-18(22-19)16-10-21-24(3)11-16/h5-7,10-11,13,20H,4,8-9,12,14H2,1-3H3. The van der Waals surface area contributed by atoms with Gasteiger partial charge in [-0.25, -0.2) is 4.98 Å². The van der Waals surface area contributed by atoms with E-state index in [-0.39, 0.29) is 6.10 Å². The van der Waals surface area contributed by atoms with E-state index in [4.69, 9.17) is 9.72 Å². The Bertz CT molecular complexity index is 915. The Morgan fingerprint density at radius 1 is 1.26 bits per heavy atom. The number of hydrogen-bond donors (Lipinski definition) is 0. The lowest BCUT2D eigenvalue weighted by Gasteiger charge is -2.32. The zero-order valence-corrected chi connectivity index (χ0v) is 16.2. The smallest absolute Gasteiger partial charge is 0.112 e. The third-order valence-electron chi connectivity index (χ3n) is 5.02. The molecule has 4 rings (SSSR count). The molecule has 7 heteroatoms. The summed E-state index contributed by atoms with van der Waals surface area (Å²) in [6.07, 6.45) is 5.96. The van der Waals surface area contributed by atoms with Crippen molar-refractivity contribution >= 4 is 0 Å². The van der Waals surface area contributed by atoms with Crippen molar-refractivity contribution in [1.29, 1.82) is 0 Å². The molecule has 0 N–H and O–H groups in total. The maximum atomic E-state index is 6.04. The molecule has 0 amide bonds. The van der Waals surface area contributed by atoms with E-state index in [0.29, 0.717) is 6.61 Å². The second-order valence-electron chi connectivity index (χ2n) is 7.04. The number of nitrogens with zero attached hydrogens (tertiary/aromatic N) is 6. The lowest BCUT2D eigenvalue weighted by molar-refractivity contribution is -0.0350. The van der Waals surface area contributed by atoms with Gasteiger partial charge >= 0.3 is 0 Å². The first kappa shape index (κ1) is 17.9. The number of pyridine rings is 1. The van der Waals surface area contributed by atoms with Crippen molar-refractivity contribution in [3.05, 3.63) is 53.7 Å². The van der Waals surface area contributed by atoms with Crippen LogP contribution in [0.5, 0.6) is 0 Å². The van der Waals surface area contributed by atoms with Gasteiger partial charge in [-0.3, -0.25) is 14.3 Å². The lowest BCUT2D eigenvalue weighted by atomic mass is 10.1. The average molecular weight is 366 g/mol. The van der Waals surface area contributed by atoms with Crippen molar-refractivity contribution in [3.8, 4) is 11.3 Å². The van der Waals surface area contributed by atoms with Crippen LogP contribution in [-0.2, 0) is 24.9 Å². The van der Waals surface area contributed by atoms with E-state index in [1.54, 1.807) is 4.68 Å². The van der Waals surface area contributed by atoms with Gasteiger partial charge in [0.2, 0.25) is 0 Å². The Hall–Kier alpha value is -2.51. The van der Waals surface area contributed by atoms with Crippen LogP contribution in [0.2, 0.25) is 0 Å². The van der Waals surface area contributed by atoms with E-state index < -0.39 is 0 Å². The van der Waals surface area contributed by atoms with Crippen molar-refractivity contribution in [2.45, 2.75) is 33.0 Å². The summed E-state index contributed by atoms with van der Waals surface area (Å²) >= 11 is 0. The van der Waals surface area contributed by atoms with Gasteiger partial charge in [0.05, 0.1) is 29.9 Å². The molecule has 4 heterocycles. The number of hydrogen-bond acceptors (Lipinski definition) is 5. The topological polar surface area (TPSA) is 61.0 Å². The molecule has 27 heavy (non-hydrogen) atoms. The Morgan fingerprint density at radius 3 is 2.89 bits per heavy atom. The molecular weight excluding hydrogens is 340 g/mol. The molecule has 7 nitrogen and oxygen atoms in total. The monoisotopic (exact) mass is 366 g/mol. The Kier molecular flexibility index (Phi) is 5.05. The molecule has 1 saturated heterocycles. The number of rotatable bonds is 5. The SMILES string of the molecule is CCn1cc(CN2CCOC(c3cccc(-c4cnn(C)c4)n3)C2)c(C)n1. The first-order valence-corrected chi connectivity index (χ1v) is 9.45.